The number of carbonyl (C=O) groups is 1. The van der Waals surface area contributed by atoms with Gasteiger partial charge in [0.2, 0.25) is 0 Å². The molecule has 0 amide bonds. The first-order valence-electron chi connectivity index (χ1n) is 5.11. The molecule has 0 saturated heterocycles. The molecule has 2 N–H and O–H groups in total. The molecule has 16 heavy (non-hydrogen) atoms. The second-order valence-electron chi connectivity index (χ2n) is 3.49. The maximum atomic E-state index is 10.9. The summed E-state index contributed by atoms with van der Waals surface area (Å²) in [4.78, 5) is 10.9. The fraction of sp³-hybridized carbons (Fsp3) is 0.417. The molecule has 1 unspecified atom stereocenters. The highest BCUT2D eigenvalue weighted by molar-refractivity contribution is 5.85. The number of ether oxygens (including phenoxy) is 1. The number of hydrogen-bond donors (Lipinski definition) is 1. The predicted molar refractivity (Wildman–Crippen MR) is 66.5 cm³/mol. The Balaban J connectivity index is 0.00000225. The Morgan fingerprint density at radius 2 is 2.00 bits per heavy atom. The van der Waals surface area contributed by atoms with Crippen molar-refractivity contribution in [1.82, 2.24) is 0 Å². The first kappa shape index (κ1) is 14.9. The average Bonchev–Trinajstić information content (AvgIpc) is 2.29. The molecule has 0 fully saturated rings. The van der Waals surface area contributed by atoms with Crippen LogP contribution in [0.5, 0.6) is 0 Å². The Kier molecular flexibility index (Phi) is 7.60. The fourth-order valence-electron chi connectivity index (χ4n) is 1.44. The van der Waals surface area contributed by atoms with E-state index in [0.29, 0.717) is 6.42 Å². The second kappa shape index (κ2) is 8.13. The van der Waals surface area contributed by atoms with Crippen molar-refractivity contribution >= 4 is 18.4 Å². The van der Waals surface area contributed by atoms with Crippen LogP contribution in [0.4, 0.5) is 0 Å². The van der Waals surface area contributed by atoms with Gasteiger partial charge in [0, 0.05) is 12.5 Å². The molecule has 1 aromatic rings. The van der Waals surface area contributed by atoms with E-state index in [9.17, 15) is 4.79 Å². The highest BCUT2D eigenvalue weighted by Crippen LogP contribution is 2.16. The standard InChI is InChI=1S/C12H17NO2.ClH/c1-15-12(14)9-5-8-11(13)10-6-3-2-4-7-10;/h2-4,6-7,11H,5,8-9,13H2,1H3;1H. The Morgan fingerprint density at radius 1 is 1.38 bits per heavy atom. The largest absolute Gasteiger partial charge is 0.469 e. The molecule has 3 nitrogen and oxygen atoms in total. The smallest absolute Gasteiger partial charge is 0.305 e. The van der Waals surface area contributed by atoms with Crippen LogP contribution in [0.15, 0.2) is 30.3 Å². The zero-order valence-electron chi connectivity index (χ0n) is 9.39. The lowest BCUT2D eigenvalue weighted by atomic mass is 10.0. The summed E-state index contributed by atoms with van der Waals surface area (Å²) in [7, 11) is 1.40. The molecule has 0 aliphatic carbocycles. The van der Waals surface area contributed by atoms with Gasteiger partial charge in [0.15, 0.2) is 0 Å². The number of methoxy groups -OCH3 is 1. The minimum absolute atomic E-state index is 0. The lowest BCUT2D eigenvalue weighted by Crippen LogP contribution is -2.11. The molecule has 90 valence electrons. The second-order valence-corrected chi connectivity index (χ2v) is 3.49. The maximum absolute atomic E-state index is 10.9. The number of rotatable bonds is 5. The zero-order valence-corrected chi connectivity index (χ0v) is 10.2. The van der Waals surface area contributed by atoms with Crippen LogP contribution >= 0.6 is 12.4 Å². The number of hydrogen-bond acceptors (Lipinski definition) is 3. The molecule has 1 rings (SSSR count). The number of nitrogens with two attached hydrogens (primary N) is 1. The van der Waals surface area contributed by atoms with E-state index in [1.165, 1.54) is 7.11 Å². The predicted octanol–water partition coefficient (Wildman–Crippen LogP) is 2.45. The van der Waals surface area contributed by atoms with Crippen LogP contribution < -0.4 is 5.73 Å². The van der Waals surface area contributed by atoms with Crippen molar-refractivity contribution < 1.29 is 9.53 Å². The van der Waals surface area contributed by atoms with Crippen LogP contribution in [-0.2, 0) is 9.53 Å². The van der Waals surface area contributed by atoms with Gasteiger partial charge in [-0.15, -0.1) is 12.4 Å². The SMILES string of the molecule is COC(=O)CCCC(N)c1ccccc1.Cl. The molecule has 0 spiro atoms. The van der Waals surface area contributed by atoms with Crippen molar-refractivity contribution in [2.24, 2.45) is 5.73 Å². The van der Waals surface area contributed by atoms with Gasteiger partial charge in [0.1, 0.15) is 0 Å². The van der Waals surface area contributed by atoms with E-state index in [0.717, 1.165) is 18.4 Å². The maximum Gasteiger partial charge on any atom is 0.305 e. The van der Waals surface area contributed by atoms with E-state index in [4.69, 9.17) is 5.73 Å². The van der Waals surface area contributed by atoms with Crippen molar-refractivity contribution in [2.75, 3.05) is 7.11 Å². The molecule has 0 aliphatic rings. The van der Waals surface area contributed by atoms with E-state index < -0.39 is 0 Å². The first-order chi connectivity index (χ1) is 7.24. The van der Waals surface area contributed by atoms with Crippen molar-refractivity contribution in [1.29, 1.82) is 0 Å². The molecular weight excluding hydrogens is 226 g/mol. The summed E-state index contributed by atoms with van der Waals surface area (Å²) >= 11 is 0. The zero-order chi connectivity index (χ0) is 11.1. The summed E-state index contributed by atoms with van der Waals surface area (Å²) in [6.07, 6.45) is 2.01. The third kappa shape index (κ3) is 5.14. The monoisotopic (exact) mass is 243 g/mol. The van der Waals surface area contributed by atoms with Crippen LogP contribution in [0.1, 0.15) is 30.9 Å². The number of halogens is 1. The molecule has 0 heterocycles. The van der Waals surface area contributed by atoms with Crippen molar-refractivity contribution in [2.45, 2.75) is 25.3 Å². The fourth-order valence-corrected chi connectivity index (χ4v) is 1.44. The minimum Gasteiger partial charge on any atom is -0.469 e. The molecule has 0 bridgehead atoms. The Hall–Kier alpha value is -1.06. The summed E-state index contributed by atoms with van der Waals surface area (Å²) < 4.78 is 4.56. The summed E-state index contributed by atoms with van der Waals surface area (Å²) in [6.45, 7) is 0. The highest BCUT2D eigenvalue weighted by Gasteiger charge is 2.06. The Bertz CT molecular complexity index is 303. The van der Waals surface area contributed by atoms with Crippen LogP contribution in [0.25, 0.3) is 0 Å². The van der Waals surface area contributed by atoms with Crippen LogP contribution in [0.2, 0.25) is 0 Å². The Morgan fingerprint density at radius 3 is 2.56 bits per heavy atom. The van der Waals surface area contributed by atoms with Gasteiger partial charge in [-0.2, -0.15) is 0 Å². The quantitative estimate of drug-likeness (QED) is 0.809. The summed E-state index contributed by atoms with van der Waals surface area (Å²) in [5, 5.41) is 0. The van der Waals surface area contributed by atoms with E-state index in [2.05, 4.69) is 4.74 Å². The summed E-state index contributed by atoms with van der Waals surface area (Å²) in [5.41, 5.74) is 7.08. The molecular formula is C12H18ClNO2. The van der Waals surface area contributed by atoms with Gasteiger partial charge in [-0.05, 0) is 18.4 Å². The molecule has 0 aromatic heterocycles. The molecule has 4 heteroatoms. The van der Waals surface area contributed by atoms with Crippen molar-refractivity contribution in [3.63, 3.8) is 0 Å². The number of esters is 1. The third-order valence-electron chi connectivity index (χ3n) is 2.35. The van der Waals surface area contributed by atoms with Gasteiger partial charge < -0.3 is 10.5 Å². The van der Waals surface area contributed by atoms with Crippen LogP contribution in [0, 0.1) is 0 Å². The van der Waals surface area contributed by atoms with Crippen molar-refractivity contribution in [3.8, 4) is 0 Å². The third-order valence-corrected chi connectivity index (χ3v) is 2.35. The van der Waals surface area contributed by atoms with Crippen LogP contribution in [-0.4, -0.2) is 13.1 Å². The number of benzene rings is 1. The van der Waals surface area contributed by atoms with Gasteiger partial charge >= 0.3 is 5.97 Å². The van der Waals surface area contributed by atoms with E-state index in [-0.39, 0.29) is 24.4 Å². The van der Waals surface area contributed by atoms with E-state index in [1.54, 1.807) is 0 Å². The molecule has 1 atom stereocenters. The van der Waals surface area contributed by atoms with Gasteiger partial charge in [-0.3, -0.25) is 4.79 Å². The lowest BCUT2D eigenvalue weighted by molar-refractivity contribution is -0.140. The first-order valence-corrected chi connectivity index (χ1v) is 5.11. The summed E-state index contributed by atoms with van der Waals surface area (Å²) in [5.74, 6) is -0.171. The number of carbonyl (C=O) groups excluding carboxylic acids is 1. The molecule has 0 saturated carbocycles. The van der Waals surface area contributed by atoms with E-state index in [1.807, 2.05) is 30.3 Å². The average molecular weight is 244 g/mol. The lowest BCUT2D eigenvalue weighted by Gasteiger charge is -2.10. The highest BCUT2D eigenvalue weighted by atomic mass is 35.5. The normalized spacial score (nSPS) is 11.4. The Labute approximate surface area is 102 Å². The topological polar surface area (TPSA) is 52.3 Å². The van der Waals surface area contributed by atoms with Crippen molar-refractivity contribution in [3.05, 3.63) is 35.9 Å². The van der Waals surface area contributed by atoms with Gasteiger partial charge in [0.25, 0.3) is 0 Å². The van der Waals surface area contributed by atoms with Crippen LogP contribution in [0.3, 0.4) is 0 Å². The van der Waals surface area contributed by atoms with Gasteiger partial charge in [-0.25, -0.2) is 0 Å². The summed E-state index contributed by atoms with van der Waals surface area (Å²) in [6, 6.07) is 9.91. The van der Waals surface area contributed by atoms with E-state index >= 15 is 0 Å². The molecule has 0 radical (unpaired) electrons. The molecule has 0 aliphatic heterocycles. The minimum atomic E-state index is -0.171. The van der Waals surface area contributed by atoms with Gasteiger partial charge in [-0.1, -0.05) is 30.3 Å². The molecule has 1 aromatic carbocycles. The van der Waals surface area contributed by atoms with Gasteiger partial charge in [0.05, 0.1) is 7.11 Å².